The average molecular weight is 230 g/mol. The minimum atomic E-state index is -0.915. The minimum Gasteiger partial charge on any atom is -0.0872 e. The Balaban J connectivity index is 2.46. The molecule has 0 radical (unpaired) electrons. The van der Waals surface area contributed by atoms with Crippen molar-refractivity contribution in [3.05, 3.63) is 53.6 Å². The topological polar surface area (TPSA) is 0 Å². The summed E-state index contributed by atoms with van der Waals surface area (Å²) in [5, 5.41) is 0. The number of aryl methyl sites for hydroxylation is 1. The molecule has 0 fully saturated rings. The molecule has 86 valence electrons. The third-order valence-corrected chi connectivity index (χ3v) is 3.80. The Morgan fingerprint density at radius 3 is 2.19 bits per heavy atom. The summed E-state index contributed by atoms with van der Waals surface area (Å²) in [6.45, 7) is 9.28. The Morgan fingerprint density at radius 1 is 1.00 bits per heavy atom. The summed E-state index contributed by atoms with van der Waals surface area (Å²) < 4.78 is 0. The smallest absolute Gasteiger partial charge is 0.0480 e. The van der Waals surface area contributed by atoms with Crippen molar-refractivity contribution >= 4 is 14.1 Å². The van der Waals surface area contributed by atoms with E-state index in [1.54, 1.807) is 0 Å². The van der Waals surface area contributed by atoms with Crippen molar-refractivity contribution in [2.75, 3.05) is 0 Å². The van der Waals surface area contributed by atoms with Crippen LogP contribution in [0.25, 0.3) is 6.08 Å². The van der Waals surface area contributed by atoms with Gasteiger partial charge in [0.1, 0.15) is 0 Å². The molecule has 0 nitrogen and oxygen atoms in total. The lowest BCUT2D eigenvalue weighted by Gasteiger charge is -2.10. The van der Waals surface area contributed by atoms with E-state index in [1.807, 2.05) is 0 Å². The Morgan fingerprint density at radius 2 is 1.62 bits per heavy atom. The van der Waals surface area contributed by atoms with Gasteiger partial charge >= 0.3 is 0 Å². The second-order valence-electron chi connectivity index (χ2n) is 5.46. The standard InChI is InChI=1S/C15H22Si/c1-14-9-11-15(12-10-14)8-6-5-7-13-16(2,3)4/h5-12H,13H2,1-4H3/b7-5-,8-6+. The van der Waals surface area contributed by atoms with Crippen LogP contribution in [0.15, 0.2) is 42.5 Å². The summed E-state index contributed by atoms with van der Waals surface area (Å²) in [4.78, 5) is 0. The van der Waals surface area contributed by atoms with E-state index in [2.05, 4.69) is 75.1 Å². The molecule has 0 saturated carbocycles. The lowest BCUT2D eigenvalue weighted by molar-refractivity contribution is 1.46. The predicted octanol–water partition coefficient (Wildman–Crippen LogP) is 4.90. The summed E-state index contributed by atoms with van der Waals surface area (Å²) in [6, 6.07) is 9.85. The van der Waals surface area contributed by atoms with Gasteiger partial charge in [0.25, 0.3) is 0 Å². The fourth-order valence-corrected chi connectivity index (χ4v) is 2.19. The van der Waals surface area contributed by atoms with E-state index in [9.17, 15) is 0 Å². The van der Waals surface area contributed by atoms with Gasteiger partial charge in [-0.25, -0.2) is 0 Å². The zero-order valence-corrected chi connectivity index (χ0v) is 11.8. The number of hydrogen-bond acceptors (Lipinski definition) is 0. The van der Waals surface area contributed by atoms with Crippen LogP contribution < -0.4 is 0 Å². The van der Waals surface area contributed by atoms with Crippen molar-refractivity contribution in [2.24, 2.45) is 0 Å². The normalized spacial score (nSPS) is 12.8. The minimum absolute atomic E-state index is 0.915. The van der Waals surface area contributed by atoms with Crippen LogP contribution in [0.4, 0.5) is 0 Å². The fourth-order valence-electron chi connectivity index (χ4n) is 1.34. The monoisotopic (exact) mass is 230 g/mol. The van der Waals surface area contributed by atoms with Gasteiger partial charge in [0.15, 0.2) is 0 Å². The maximum atomic E-state index is 2.39. The van der Waals surface area contributed by atoms with Crippen molar-refractivity contribution in [3.63, 3.8) is 0 Å². The SMILES string of the molecule is Cc1ccc(/C=C/C=C\C[Si](C)(C)C)cc1. The van der Waals surface area contributed by atoms with Crippen LogP contribution in [0, 0.1) is 6.92 Å². The molecule has 0 aliphatic heterocycles. The molecule has 0 heterocycles. The number of allylic oxidation sites excluding steroid dienone is 3. The molecule has 1 rings (SSSR count). The first-order chi connectivity index (χ1) is 7.47. The molecule has 16 heavy (non-hydrogen) atoms. The van der Waals surface area contributed by atoms with E-state index >= 15 is 0 Å². The van der Waals surface area contributed by atoms with E-state index in [-0.39, 0.29) is 0 Å². The van der Waals surface area contributed by atoms with Gasteiger partial charge in [-0.3, -0.25) is 0 Å². The van der Waals surface area contributed by atoms with Crippen LogP contribution in [-0.4, -0.2) is 8.07 Å². The van der Waals surface area contributed by atoms with Gasteiger partial charge in [-0.2, -0.15) is 0 Å². The molecule has 0 aromatic heterocycles. The van der Waals surface area contributed by atoms with Crippen molar-refractivity contribution in [1.29, 1.82) is 0 Å². The lowest BCUT2D eigenvalue weighted by Crippen LogP contribution is -2.17. The average Bonchev–Trinajstić information content (AvgIpc) is 2.19. The highest BCUT2D eigenvalue weighted by Gasteiger charge is 2.08. The molecule has 1 aromatic carbocycles. The molecule has 0 atom stereocenters. The van der Waals surface area contributed by atoms with E-state index < -0.39 is 8.07 Å². The van der Waals surface area contributed by atoms with E-state index in [4.69, 9.17) is 0 Å². The van der Waals surface area contributed by atoms with Crippen LogP contribution in [0.3, 0.4) is 0 Å². The van der Waals surface area contributed by atoms with Gasteiger partial charge in [-0.05, 0) is 18.5 Å². The second kappa shape index (κ2) is 5.85. The Bertz CT molecular complexity index is 363. The molecule has 0 saturated heterocycles. The Labute approximate surface area is 101 Å². The first kappa shape index (κ1) is 13.0. The lowest BCUT2D eigenvalue weighted by atomic mass is 10.1. The second-order valence-corrected chi connectivity index (χ2v) is 11.0. The summed E-state index contributed by atoms with van der Waals surface area (Å²) in [5.41, 5.74) is 2.58. The van der Waals surface area contributed by atoms with Crippen molar-refractivity contribution in [3.8, 4) is 0 Å². The zero-order valence-electron chi connectivity index (χ0n) is 10.8. The van der Waals surface area contributed by atoms with Crippen molar-refractivity contribution < 1.29 is 0 Å². The van der Waals surface area contributed by atoms with E-state index in [0.29, 0.717) is 0 Å². The van der Waals surface area contributed by atoms with E-state index in [1.165, 1.54) is 17.2 Å². The molecule has 0 aliphatic carbocycles. The highest BCUT2D eigenvalue weighted by atomic mass is 28.3. The van der Waals surface area contributed by atoms with Gasteiger partial charge in [0.05, 0.1) is 0 Å². The maximum absolute atomic E-state index is 2.39. The third kappa shape index (κ3) is 5.71. The molecule has 1 aromatic rings. The molecule has 0 aliphatic rings. The third-order valence-electron chi connectivity index (χ3n) is 2.34. The van der Waals surface area contributed by atoms with Gasteiger partial charge < -0.3 is 0 Å². The van der Waals surface area contributed by atoms with Crippen LogP contribution in [0.2, 0.25) is 25.7 Å². The first-order valence-corrected chi connectivity index (χ1v) is 9.58. The summed E-state index contributed by atoms with van der Waals surface area (Å²) in [6.07, 6.45) is 8.74. The maximum Gasteiger partial charge on any atom is 0.0480 e. The number of benzene rings is 1. The van der Waals surface area contributed by atoms with Crippen LogP contribution >= 0.6 is 0 Å². The quantitative estimate of drug-likeness (QED) is 0.509. The van der Waals surface area contributed by atoms with Gasteiger partial charge in [-0.1, -0.05) is 73.8 Å². The molecule has 0 N–H and O–H groups in total. The highest BCUT2D eigenvalue weighted by Crippen LogP contribution is 2.09. The number of rotatable bonds is 4. The largest absolute Gasteiger partial charge is 0.0872 e. The van der Waals surface area contributed by atoms with Gasteiger partial charge in [-0.15, -0.1) is 0 Å². The van der Waals surface area contributed by atoms with Crippen LogP contribution in [0.5, 0.6) is 0 Å². The molecule has 0 bridgehead atoms. The van der Waals surface area contributed by atoms with Crippen LogP contribution in [-0.2, 0) is 0 Å². The predicted molar refractivity (Wildman–Crippen MR) is 77.5 cm³/mol. The molecule has 1 heteroatoms. The highest BCUT2D eigenvalue weighted by molar-refractivity contribution is 6.76. The summed E-state index contributed by atoms with van der Waals surface area (Å²) in [5.74, 6) is 0. The molecule has 0 spiro atoms. The van der Waals surface area contributed by atoms with Gasteiger partial charge in [0.2, 0.25) is 0 Å². The summed E-state index contributed by atoms with van der Waals surface area (Å²) in [7, 11) is -0.915. The van der Waals surface area contributed by atoms with Crippen molar-refractivity contribution in [2.45, 2.75) is 32.6 Å². The zero-order chi connectivity index (χ0) is 12.0. The Hall–Kier alpha value is -1.08. The molecular formula is C15H22Si. The van der Waals surface area contributed by atoms with Gasteiger partial charge in [0, 0.05) is 8.07 Å². The number of hydrogen-bond donors (Lipinski definition) is 0. The Kier molecular flexibility index (Phi) is 4.75. The van der Waals surface area contributed by atoms with E-state index in [0.717, 1.165) is 0 Å². The van der Waals surface area contributed by atoms with Crippen LogP contribution in [0.1, 0.15) is 11.1 Å². The first-order valence-electron chi connectivity index (χ1n) is 5.87. The van der Waals surface area contributed by atoms with Crippen molar-refractivity contribution in [1.82, 2.24) is 0 Å². The molecule has 0 amide bonds. The fraction of sp³-hybridized carbons (Fsp3) is 0.333. The summed E-state index contributed by atoms with van der Waals surface area (Å²) >= 11 is 0. The molecular weight excluding hydrogens is 208 g/mol. The molecule has 0 unspecified atom stereocenters.